The Hall–Kier alpha value is -1.99. The Morgan fingerprint density at radius 2 is 2.09 bits per heavy atom. The molecular formula is C16H19N3O4. The third-order valence-corrected chi connectivity index (χ3v) is 4.82. The van der Waals surface area contributed by atoms with Crippen molar-refractivity contribution in [2.24, 2.45) is 5.92 Å². The Labute approximate surface area is 133 Å². The third-order valence-electron chi connectivity index (χ3n) is 4.82. The SMILES string of the molecule is Cc1ncnc2c1ccn2[C@@H]1C[C@H](C(=O)O)[C@H]2OC(C)(C)O[C@H]21. The minimum absolute atomic E-state index is 0.116. The van der Waals surface area contributed by atoms with E-state index in [1.54, 1.807) is 0 Å². The Bertz CT molecular complexity index is 785. The molecule has 0 aromatic carbocycles. The van der Waals surface area contributed by atoms with Gasteiger partial charge >= 0.3 is 5.97 Å². The van der Waals surface area contributed by atoms with Crippen LogP contribution in [-0.2, 0) is 14.3 Å². The van der Waals surface area contributed by atoms with Gasteiger partial charge in [0.25, 0.3) is 0 Å². The van der Waals surface area contributed by atoms with Crippen LogP contribution in [0.15, 0.2) is 18.6 Å². The highest BCUT2D eigenvalue weighted by atomic mass is 16.8. The fourth-order valence-electron chi connectivity index (χ4n) is 3.83. The minimum atomic E-state index is -0.842. The molecule has 122 valence electrons. The number of carboxylic acids is 1. The Balaban J connectivity index is 1.78. The van der Waals surface area contributed by atoms with Gasteiger partial charge in [0, 0.05) is 11.6 Å². The Morgan fingerprint density at radius 1 is 1.35 bits per heavy atom. The summed E-state index contributed by atoms with van der Waals surface area (Å²) in [4.78, 5) is 20.2. The van der Waals surface area contributed by atoms with Gasteiger partial charge in [-0.25, -0.2) is 9.97 Å². The highest BCUT2D eigenvalue weighted by Crippen LogP contribution is 2.47. The van der Waals surface area contributed by atoms with Crippen LogP contribution in [0.4, 0.5) is 0 Å². The number of hydrogen-bond donors (Lipinski definition) is 1. The lowest BCUT2D eigenvalue weighted by Gasteiger charge is -2.23. The van der Waals surface area contributed by atoms with Crippen molar-refractivity contribution in [2.45, 2.75) is 51.2 Å². The Morgan fingerprint density at radius 3 is 2.83 bits per heavy atom. The maximum atomic E-state index is 11.6. The molecular weight excluding hydrogens is 298 g/mol. The molecule has 0 unspecified atom stereocenters. The molecule has 23 heavy (non-hydrogen) atoms. The van der Waals surface area contributed by atoms with Crippen LogP contribution in [0.2, 0.25) is 0 Å². The summed E-state index contributed by atoms with van der Waals surface area (Å²) < 4.78 is 13.9. The van der Waals surface area contributed by atoms with Crippen LogP contribution in [0.5, 0.6) is 0 Å². The summed E-state index contributed by atoms with van der Waals surface area (Å²) in [6, 6.07) is 1.85. The lowest BCUT2D eigenvalue weighted by Crippen LogP contribution is -2.30. The standard InChI is InChI=1S/C16H19N3O4/c1-8-9-4-5-19(14(9)18-7-17-8)11-6-10(15(20)21)12-13(11)23-16(2,3)22-12/h4-5,7,10-13H,6H2,1-3H3,(H,20,21)/t10-,11+,12+,13-/m0/s1. The number of fused-ring (bicyclic) bond motifs is 2. The van der Waals surface area contributed by atoms with E-state index < -0.39 is 23.8 Å². The summed E-state index contributed by atoms with van der Waals surface area (Å²) in [7, 11) is 0. The molecule has 0 spiro atoms. The van der Waals surface area contributed by atoms with Gasteiger partial charge in [0.2, 0.25) is 0 Å². The van der Waals surface area contributed by atoms with Gasteiger partial charge in [-0.1, -0.05) is 0 Å². The van der Waals surface area contributed by atoms with Crippen LogP contribution in [0.3, 0.4) is 0 Å². The van der Waals surface area contributed by atoms with Crippen LogP contribution in [0, 0.1) is 12.8 Å². The summed E-state index contributed by atoms with van der Waals surface area (Å²) in [6.45, 7) is 5.58. The molecule has 7 nitrogen and oxygen atoms in total. The zero-order chi connectivity index (χ0) is 16.4. The number of carboxylic acid groups (broad SMARTS) is 1. The summed E-state index contributed by atoms with van der Waals surface area (Å²) in [5.74, 6) is -2.19. The molecule has 0 amide bonds. The number of aliphatic carboxylic acids is 1. The monoisotopic (exact) mass is 317 g/mol. The summed E-state index contributed by atoms with van der Waals surface area (Å²) >= 11 is 0. The van der Waals surface area contributed by atoms with Crippen molar-refractivity contribution in [3.63, 3.8) is 0 Å². The number of aryl methyl sites for hydroxylation is 1. The van der Waals surface area contributed by atoms with E-state index in [-0.39, 0.29) is 12.1 Å². The summed E-state index contributed by atoms with van der Waals surface area (Å²) in [5, 5.41) is 10.5. The molecule has 1 aliphatic carbocycles. The van der Waals surface area contributed by atoms with E-state index in [9.17, 15) is 9.90 Å². The second-order valence-electron chi connectivity index (χ2n) is 6.73. The molecule has 2 aliphatic rings. The van der Waals surface area contributed by atoms with Gasteiger partial charge in [0.05, 0.1) is 17.7 Å². The van der Waals surface area contributed by atoms with Crippen molar-refractivity contribution in [3.05, 3.63) is 24.3 Å². The van der Waals surface area contributed by atoms with E-state index in [0.717, 1.165) is 16.7 Å². The van der Waals surface area contributed by atoms with Gasteiger partial charge in [0.1, 0.15) is 24.2 Å². The average Bonchev–Trinajstić information content (AvgIpc) is 3.09. The van der Waals surface area contributed by atoms with Crippen LogP contribution in [0.25, 0.3) is 11.0 Å². The average molecular weight is 317 g/mol. The zero-order valence-corrected chi connectivity index (χ0v) is 13.3. The van der Waals surface area contributed by atoms with Crippen LogP contribution in [-0.4, -0.2) is 43.6 Å². The van der Waals surface area contributed by atoms with Crippen molar-refractivity contribution in [1.82, 2.24) is 14.5 Å². The maximum absolute atomic E-state index is 11.6. The van der Waals surface area contributed by atoms with Crippen LogP contribution >= 0.6 is 0 Å². The second kappa shape index (κ2) is 4.75. The number of ether oxygens (including phenoxy) is 2. The number of rotatable bonds is 2. The second-order valence-corrected chi connectivity index (χ2v) is 6.73. The number of carbonyl (C=O) groups is 1. The highest BCUT2D eigenvalue weighted by molar-refractivity contribution is 5.78. The van der Waals surface area contributed by atoms with Crippen LogP contribution < -0.4 is 0 Å². The maximum Gasteiger partial charge on any atom is 0.309 e. The van der Waals surface area contributed by atoms with E-state index in [0.29, 0.717) is 6.42 Å². The van der Waals surface area contributed by atoms with Gasteiger partial charge in [0.15, 0.2) is 5.79 Å². The van der Waals surface area contributed by atoms with Gasteiger partial charge in [-0.2, -0.15) is 0 Å². The third kappa shape index (κ3) is 2.14. The molecule has 2 aromatic rings. The largest absolute Gasteiger partial charge is 0.481 e. The van der Waals surface area contributed by atoms with E-state index >= 15 is 0 Å². The molecule has 1 aliphatic heterocycles. The smallest absolute Gasteiger partial charge is 0.309 e. The van der Waals surface area contributed by atoms with E-state index in [1.807, 2.05) is 37.6 Å². The predicted octanol–water partition coefficient (Wildman–Crippen LogP) is 1.91. The quantitative estimate of drug-likeness (QED) is 0.910. The highest BCUT2D eigenvalue weighted by Gasteiger charge is 2.57. The summed E-state index contributed by atoms with van der Waals surface area (Å²) in [5.41, 5.74) is 1.71. The number of hydrogen-bond acceptors (Lipinski definition) is 5. The first-order chi connectivity index (χ1) is 10.9. The molecule has 3 heterocycles. The first-order valence-electron chi connectivity index (χ1n) is 7.74. The molecule has 7 heteroatoms. The van der Waals surface area contributed by atoms with E-state index in [1.165, 1.54) is 6.33 Å². The first kappa shape index (κ1) is 14.6. The summed E-state index contributed by atoms with van der Waals surface area (Å²) in [6.07, 6.45) is 3.20. The normalized spacial score (nSPS) is 32.3. The van der Waals surface area contributed by atoms with Gasteiger partial charge in [-0.15, -0.1) is 0 Å². The lowest BCUT2D eigenvalue weighted by atomic mass is 10.1. The molecule has 2 aromatic heterocycles. The minimum Gasteiger partial charge on any atom is -0.481 e. The van der Waals surface area contributed by atoms with Crippen LogP contribution in [0.1, 0.15) is 32.0 Å². The first-order valence-corrected chi connectivity index (χ1v) is 7.74. The fraction of sp³-hybridized carbons (Fsp3) is 0.562. The molecule has 4 atom stereocenters. The molecule has 2 fully saturated rings. The molecule has 1 saturated heterocycles. The van der Waals surface area contributed by atoms with Crippen molar-refractivity contribution in [2.75, 3.05) is 0 Å². The Kier molecular flexibility index (Phi) is 3.01. The molecule has 1 N–H and O–H groups in total. The fourth-order valence-corrected chi connectivity index (χ4v) is 3.83. The van der Waals surface area contributed by atoms with Crippen molar-refractivity contribution in [3.8, 4) is 0 Å². The topological polar surface area (TPSA) is 86.5 Å². The van der Waals surface area contributed by atoms with Gasteiger partial charge < -0.3 is 19.1 Å². The van der Waals surface area contributed by atoms with E-state index in [4.69, 9.17) is 9.47 Å². The number of nitrogens with zero attached hydrogens (tertiary/aromatic N) is 3. The molecule has 4 rings (SSSR count). The van der Waals surface area contributed by atoms with Crippen molar-refractivity contribution < 1.29 is 19.4 Å². The van der Waals surface area contributed by atoms with Gasteiger partial charge in [-0.05, 0) is 33.3 Å². The van der Waals surface area contributed by atoms with Crippen molar-refractivity contribution >= 4 is 17.0 Å². The predicted molar refractivity (Wildman–Crippen MR) is 80.9 cm³/mol. The van der Waals surface area contributed by atoms with Gasteiger partial charge in [-0.3, -0.25) is 4.79 Å². The molecule has 0 radical (unpaired) electrons. The van der Waals surface area contributed by atoms with E-state index in [2.05, 4.69) is 9.97 Å². The molecule has 0 bridgehead atoms. The lowest BCUT2D eigenvalue weighted by molar-refractivity contribution is -0.167. The zero-order valence-electron chi connectivity index (χ0n) is 13.3. The van der Waals surface area contributed by atoms with Crippen molar-refractivity contribution in [1.29, 1.82) is 0 Å². The number of aromatic nitrogens is 3. The molecule has 1 saturated carbocycles.